The highest BCUT2D eigenvalue weighted by Gasteiger charge is 2.22. The molecule has 3 aromatic rings. The van der Waals surface area contributed by atoms with Crippen LogP contribution >= 0.6 is 0 Å². The number of aromatic nitrogens is 6. The number of aromatic amines is 1. The first-order valence-corrected chi connectivity index (χ1v) is 8.89. The molecule has 0 aromatic carbocycles. The van der Waals surface area contributed by atoms with Gasteiger partial charge < -0.3 is 9.80 Å². The number of rotatable bonds is 4. The van der Waals surface area contributed by atoms with Gasteiger partial charge in [0.1, 0.15) is 11.6 Å². The van der Waals surface area contributed by atoms with Gasteiger partial charge in [-0.05, 0) is 6.42 Å². The predicted octanol–water partition coefficient (Wildman–Crippen LogP) is 0.726. The molecule has 0 unspecified atom stereocenters. The minimum atomic E-state index is -0.179. The Balaban J connectivity index is 1.60. The summed E-state index contributed by atoms with van der Waals surface area (Å²) < 4.78 is 1.80. The lowest BCUT2D eigenvalue weighted by atomic mass is 10.2. The zero-order chi connectivity index (χ0) is 18.1. The van der Waals surface area contributed by atoms with Crippen molar-refractivity contribution in [2.24, 2.45) is 7.05 Å². The van der Waals surface area contributed by atoms with Gasteiger partial charge in [-0.15, -0.1) is 0 Å². The first kappa shape index (κ1) is 16.5. The molecule has 1 fully saturated rings. The van der Waals surface area contributed by atoms with Crippen LogP contribution in [0.1, 0.15) is 19.2 Å². The van der Waals surface area contributed by atoms with Crippen LogP contribution in [0.15, 0.2) is 23.3 Å². The Morgan fingerprint density at radius 1 is 1.12 bits per heavy atom. The van der Waals surface area contributed by atoms with Crippen molar-refractivity contribution in [3.63, 3.8) is 0 Å². The van der Waals surface area contributed by atoms with Crippen LogP contribution in [0.3, 0.4) is 0 Å². The molecular formula is C17H22N8O. The van der Waals surface area contributed by atoms with Gasteiger partial charge in [-0.2, -0.15) is 10.2 Å². The van der Waals surface area contributed by atoms with Crippen LogP contribution in [0, 0.1) is 0 Å². The third kappa shape index (κ3) is 3.00. The largest absolute Gasteiger partial charge is 0.367 e. The van der Waals surface area contributed by atoms with E-state index in [-0.39, 0.29) is 5.56 Å². The molecule has 0 aliphatic carbocycles. The Morgan fingerprint density at radius 3 is 2.62 bits per heavy atom. The van der Waals surface area contributed by atoms with E-state index in [4.69, 9.17) is 4.98 Å². The van der Waals surface area contributed by atoms with Crippen LogP contribution in [0.5, 0.6) is 0 Å². The molecule has 136 valence electrons. The molecule has 9 heteroatoms. The zero-order valence-electron chi connectivity index (χ0n) is 15.0. The van der Waals surface area contributed by atoms with E-state index < -0.39 is 0 Å². The second-order valence-electron chi connectivity index (χ2n) is 6.50. The van der Waals surface area contributed by atoms with Crippen molar-refractivity contribution in [3.05, 3.63) is 34.6 Å². The SMILES string of the molecule is CCCc1nc(N2CCN(c3cn[nH]c(=O)c3)CC2)c2cnn(C)c2n1. The van der Waals surface area contributed by atoms with Crippen LogP contribution in [-0.2, 0) is 13.5 Å². The monoisotopic (exact) mass is 354 g/mol. The van der Waals surface area contributed by atoms with E-state index in [0.29, 0.717) is 0 Å². The molecule has 0 bridgehead atoms. The molecule has 9 nitrogen and oxygen atoms in total. The zero-order valence-corrected chi connectivity index (χ0v) is 15.0. The van der Waals surface area contributed by atoms with Gasteiger partial charge in [0.15, 0.2) is 5.65 Å². The molecule has 26 heavy (non-hydrogen) atoms. The first-order valence-electron chi connectivity index (χ1n) is 8.89. The van der Waals surface area contributed by atoms with Crippen LogP contribution in [0.25, 0.3) is 11.0 Å². The molecule has 0 spiro atoms. The van der Waals surface area contributed by atoms with Crippen molar-refractivity contribution in [2.45, 2.75) is 19.8 Å². The summed E-state index contributed by atoms with van der Waals surface area (Å²) >= 11 is 0. The number of hydrogen-bond donors (Lipinski definition) is 1. The predicted molar refractivity (Wildman–Crippen MR) is 99.6 cm³/mol. The van der Waals surface area contributed by atoms with Gasteiger partial charge in [-0.25, -0.2) is 15.1 Å². The number of aryl methyl sites for hydroxylation is 2. The summed E-state index contributed by atoms with van der Waals surface area (Å²) in [5, 5.41) is 11.6. The van der Waals surface area contributed by atoms with E-state index in [1.54, 1.807) is 16.9 Å². The Labute approximate surface area is 150 Å². The maximum atomic E-state index is 11.5. The quantitative estimate of drug-likeness (QED) is 0.738. The average molecular weight is 354 g/mol. The van der Waals surface area contributed by atoms with Crippen molar-refractivity contribution < 1.29 is 0 Å². The third-order valence-corrected chi connectivity index (χ3v) is 4.69. The summed E-state index contributed by atoms with van der Waals surface area (Å²) in [5.74, 6) is 1.81. The summed E-state index contributed by atoms with van der Waals surface area (Å²) in [4.78, 5) is 25.4. The highest BCUT2D eigenvalue weighted by Crippen LogP contribution is 2.25. The van der Waals surface area contributed by atoms with Gasteiger partial charge in [0, 0.05) is 45.7 Å². The second-order valence-corrected chi connectivity index (χ2v) is 6.50. The normalized spacial score (nSPS) is 15.0. The number of nitrogens with zero attached hydrogens (tertiary/aromatic N) is 7. The molecular weight excluding hydrogens is 332 g/mol. The molecule has 3 aromatic heterocycles. The highest BCUT2D eigenvalue weighted by atomic mass is 16.1. The summed E-state index contributed by atoms with van der Waals surface area (Å²) in [7, 11) is 1.91. The number of hydrogen-bond acceptors (Lipinski definition) is 7. The van der Waals surface area contributed by atoms with Crippen molar-refractivity contribution in [3.8, 4) is 0 Å². The van der Waals surface area contributed by atoms with Crippen molar-refractivity contribution in [1.82, 2.24) is 29.9 Å². The summed E-state index contributed by atoms with van der Waals surface area (Å²) in [6.45, 7) is 5.38. The fraction of sp³-hybridized carbons (Fsp3) is 0.471. The van der Waals surface area contributed by atoms with Crippen LogP contribution in [0.2, 0.25) is 0 Å². The van der Waals surface area contributed by atoms with E-state index in [1.165, 1.54) is 0 Å². The standard InChI is InChI=1S/C17H22N8O/c1-3-4-14-20-16-13(11-19-23(16)2)17(21-14)25-7-5-24(6-8-25)12-9-15(26)22-18-10-12/h9-11H,3-8H2,1-2H3,(H,22,26). The molecule has 4 rings (SSSR count). The molecule has 0 radical (unpaired) electrons. The van der Waals surface area contributed by atoms with E-state index in [9.17, 15) is 4.79 Å². The van der Waals surface area contributed by atoms with Gasteiger partial charge in [-0.3, -0.25) is 9.48 Å². The Bertz CT molecular complexity index is 970. The lowest BCUT2D eigenvalue weighted by molar-refractivity contribution is 0.644. The maximum Gasteiger partial charge on any atom is 0.266 e. The smallest absolute Gasteiger partial charge is 0.266 e. The average Bonchev–Trinajstić information content (AvgIpc) is 3.03. The van der Waals surface area contributed by atoms with Gasteiger partial charge in [0.05, 0.1) is 23.5 Å². The van der Waals surface area contributed by atoms with E-state index in [2.05, 4.69) is 37.0 Å². The van der Waals surface area contributed by atoms with Crippen molar-refractivity contribution >= 4 is 22.5 Å². The first-order chi connectivity index (χ1) is 12.7. The fourth-order valence-corrected chi connectivity index (χ4v) is 3.34. The van der Waals surface area contributed by atoms with Crippen molar-refractivity contribution in [1.29, 1.82) is 0 Å². The Hall–Kier alpha value is -2.97. The van der Waals surface area contributed by atoms with E-state index >= 15 is 0 Å². The van der Waals surface area contributed by atoms with Crippen molar-refractivity contribution in [2.75, 3.05) is 36.0 Å². The fourth-order valence-electron chi connectivity index (χ4n) is 3.34. The number of anilines is 2. The molecule has 4 heterocycles. The molecule has 1 aliphatic heterocycles. The molecule has 1 aliphatic rings. The Morgan fingerprint density at radius 2 is 1.88 bits per heavy atom. The lowest BCUT2D eigenvalue weighted by Gasteiger charge is -2.36. The number of fused-ring (bicyclic) bond motifs is 1. The summed E-state index contributed by atoms with van der Waals surface area (Å²) in [5.41, 5.74) is 1.55. The van der Waals surface area contributed by atoms with Gasteiger partial charge >= 0.3 is 0 Å². The Kier molecular flexibility index (Phi) is 4.27. The van der Waals surface area contributed by atoms with E-state index in [0.717, 1.165) is 67.4 Å². The number of H-pyrrole nitrogens is 1. The van der Waals surface area contributed by atoms with Crippen LogP contribution in [-0.4, -0.2) is 56.1 Å². The molecule has 0 amide bonds. The number of nitrogens with one attached hydrogen (secondary N) is 1. The summed E-state index contributed by atoms with van der Waals surface area (Å²) in [6, 6.07) is 1.59. The van der Waals surface area contributed by atoms with Gasteiger partial charge in [0.2, 0.25) is 0 Å². The second kappa shape index (κ2) is 6.74. The van der Waals surface area contributed by atoms with Crippen LogP contribution in [0.4, 0.5) is 11.5 Å². The molecule has 0 atom stereocenters. The topological polar surface area (TPSA) is 95.8 Å². The molecule has 1 saturated heterocycles. The minimum Gasteiger partial charge on any atom is -0.367 e. The molecule has 0 saturated carbocycles. The lowest BCUT2D eigenvalue weighted by Crippen LogP contribution is -2.47. The van der Waals surface area contributed by atoms with E-state index in [1.807, 2.05) is 13.2 Å². The molecule has 1 N–H and O–H groups in total. The third-order valence-electron chi connectivity index (χ3n) is 4.69. The highest BCUT2D eigenvalue weighted by molar-refractivity contribution is 5.87. The number of piperazine rings is 1. The minimum absolute atomic E-state index is 0.179. The van der Waals surface area contributed by atoms with Crippen LogP contribution < -0.4 is 15.4 Å². The van der Waals surface area contributed by atoms with Gasteiger partial charge in [0.25, 0.3) is 5.56 Å². The summed E-state index contributed by atoms with van der Waals surface area (Å²) in [6.07, 6.45) is 5.40. The maximum absolute atomic E-state index is 11.5. The van der Waals surface area contributed by atoms with Gasteiger partial charge in [-0.1, -0.05) is 6.92 Å².